The van der Waals surface area contributed by atoms with E-state index in [-0.39, 0.29) is 5.75 Å². The molecule has 82 valence electrons. The molecule has 0 amide bonds. The van der Waals surface area contributed by atoms with E-state index < -0.39 is 11.6 Å². The fraction of sp³-hybridized carbons (Fsp3) is 0.364. The molecule has 15 heavy (non-hydrogen) atoms. The highest BCUT2D eigenvalue weighted by Crippen LogP contribution is 2.25. The minimum Gasteiger partial charge on any atom is -0.507 e. The molecule has 0 heterocycles. The van der Waals surface area contributed by atoms with E-state index in [1.807, 2.05) is 0 Å². The maximum absolute atomic E-state index is 11.6. The SMILES string of the molecule is CC(C)(C)OC(=O)c1ccc(O)c(Br)c1. The lowest BCUT2D eigenvalue weighted by Crippen LogP contribution is -2.23. The van der Waals surface area contributed by atoms with Crippen LogP contribution in [0.3, 0.4) is 0 Å². The Labute approximate surface area is 97.2 Å². The van der Waals surface area contributed by atoms with Crippen LogP contribution in [0.5, 0.6) is 5.75 Å². The standard InChI is InChI=1S/C11H13BrO3/c1-11(2,3)15-10(14)7-4-5-9(13)8(12)6-7/h4-6,13H,1-3H3. The number of ether oxygens (including phenoxy) is 1. The number of carbonyl (C=O) groups is 1. The number of benzene rings is 1. The van der Waals surface area contributed by atoms with E-state index in [0.29, 0.717) is 10.0 Å². The van der Waals surface area contributed by atoms with Gasteiger partial charge in [0.25, 0.3) is 0 Å². The molecule has 4 heteroatoms. The number of hydrogen-bond donors (Lipinski definition) is 1. The molecule has 0 saturated carbocycles. The zero-order chi connectivity index (χ0) is 11.6. The van der Waals surface area contributed by atoms with E-state index in [0.717, 1.165) is 0 Å². The second kappa shape index (κ2) is 4.23. The quantitative estimate of drug-likeness (QED) is 0.800. The molecular formula is C11H13BrO3. The van der Waals surface area contributed by atoms with Gasteiger partial charge in [0.1, 0.15) is 11.4 Å². The van der Waals surface area contributed by atoms with Gasteiger partial charge in [-0.2, -0.15) is 0 Å². The van der Waals surface area contributed by atoms with Crippen LogP contribution in [-0.4, -0.2) is 16.7 Å². The van der Waals surface area contributed by atoms with Crippen LogP contribution in [-0.2, 0) is 4.74 Å². The van der Waals surface area contributed by atoms with Crippen molar-refractivity contribution >= 4 is 21.9 Å². The van der Waals surface area contributed by atoms with Gasteiger partial charge < -0.3 is 9.84 Å². The highest BCUT2D eigenvalue weighted by atomic mass is 79.9. The Morgan fingerprint density at radius 3 is 2.47 bits per heavy atom. The van der Waals surface area contributed by atoms with Crippen molar-refractivity contribution in [2.24, 2.45) is 0 Å². The molecule has 0 aromatic heterocycles. The third-order valence-corrected chi connectivity index (χ3v) is 2.22. The van der Waals surface area contributed by atoms with Gasteiger partial charge in [-0.3, -0.25) is 0 Å². The summed E-state index contributed by atoms with van der Waals surface area (Å²) in [5.74, 6) is -0.300. The fourth-order valence-corrected chi connectivity index (χ4v) is 1.35. The van der Waals surface area contributed by atoms with E-state index >= 15 is 0 Å². The van der Waals surface area contributed by atoms with E-state index in [9.17, 15) is 9.90 Å². The maximum atomic E-state index is 11.6. The van der Waals surface area contributed by atoms with Gasteiger partial charge in [-0.1, -0.05) is 0 Å². The molecule has 1 N–H and O–H groups in total. The number of rotatable bonds is 1. The highest BCUT2D eigenvalue weighted by Gasteiger charge is 2.18. The molecule has 0 aliphatic heterocycles. The van der Waals surface area contributed by atoms with Gasteiger partial charge in [-0.15, -0.1) is 0 Å². The summed E-state index contributed by atoms with van der Waals surface area (Å²) in [5.41, 5.74) is -0.101. The second-order valence-electron chi connectivity index (χ2n) is 4.17. The Hall–Kier alpha value is -1.03. The van der Waals surface area contributed by atoms with Gasteiger partial charge in [0.05, 0.1) is 10.0 Å². The van der Waals surface area contributed by atoms with Gasteiger partial charge in [-0.25, -0.2) is 4.79 Å². The zero-order valence-electron chi connectivity index (χ0n) is 8.87. The number of esters is 1. The summed E-state index contributed by atoms with van der Waals surface area (Å²) in [6.45, 7) is 5.42. The van der Waals surface area contributed by atoms with Crippen molar-refractivity contribution in [1.82, 2.24) is 0 Å². The third-order valence-electron chi connectivity index (χ3n) is 1.58. The first kappa shape index (κ1) is 12.0. The summed E-state index contributed by atoms with van der Waals surface area (Å²) in [4.78, 5) is 11.6. The van der Waals surface area contributed by atoms with E-state index in [4.69, 9.17) is 4.74 Å². The Morgan fingerprint density at radius 2 is 2.00 bits per heavy atom. The molecule has 0 saturated heterocycles. The normalized spacial score (nSPS) is 11.2. The van der Waals surface area contributed by atoms with Crippen molar-refractivity contribution < 1.29 is 14.6 Å². The molecule has 0 radical (unpaired) electrons. The van der Waals surface area contributed by atoms with Crippen LogP contribution in [0.25, 0.3) is 0 Å². The average molecular weight is 273 g/mol. The molecule has 0 aliphatic rings. The molecule has 0 atom stereocenters. The summed E-state index contributed by atoms with van der Waals surface area (Å²) >= 11 is 3.14. The average Bonchev–Trinajstić information content (AvgIpc) is 2.06. The molecule has 1 aromatic carbocycles. The first-order chi connectivity index (χ1) is 6.79. The largest absolute Gasteiger partial charge is 0.507 e. The van der Waals surface area contributed by atoms with Gasteiger partial charge in [0, 0.05) is 0 Å². The Balaban J connectivity index is 2.88. The topological polar surface area (TPSA) is 46.5 Å². The highest BCUT2D eigenvalue weighted by molar-refractivity contribution is 9.10. The molecular weight excluding hydrogens is 260 g/mol. The van der Waals surface area contributed by atoms with Crippen LogP contribution >= 0.6 is 15.9 Å². The lowest BCUT2D eigenvalue weighted by molar-refractivity contribution is 0.00695. The van der Waals surface area contributed by atoms with Gasteiger partial charge in [0.15, 0.2) is 0 Å². The van der Waals surface area contributed by atoms with Gasteiger partial charge in [0.2, 0.25) is 0 Å². The first-order valence-corrected chi connectivity index (χ1v) is 5.31. The Bertz CT molecular complexity index is 380. The lowest BCUT2D eigenvalue weighted by Gasteiger charge is -2.19. The van der Waals surface area contributed by atoms with Crippen LogP contribution in [0, 0.1) is 0 Å². The minimum absolute atomic E-state index is 0.0994. The summed E-state index contributed by atoms with van der Waals surface area (Å²) in [6, 6.07) is 4.50. The van der Waals surface area contributed by atoms with Crippen LogP contribution in [0.1, 0.15) is 31.1 Å². The summed E-state index contributed by atoms with van der Waals surface area (Å²) < 4.78 is 5.65. The predicted molar refractivity (Wildman–Crippen MR) is 61.0 cm³/mol. The van der Waals surface area contributed by atoms with Gasteiger partial charge in [-0.05, 0) is 54.9 Å². The van der Waals surface area contributed by atoms with E-state index in [1.165, 1.54) is 18.2 Å². The number of hydrogen-bond acceptors (Lipinski definition) is 3. The van der Waals surface area contributed by atoms with Crippen molar-refractivity contribution in [3.8, 4) is 5.75 Å². The Morgan fingerprint density at radius 1 is 1.40 bits per heavy atom. The van der Waals surface area contributed by atoms with Crippen molar-refractivity contribution in [2.45, 2.75) is 26.4 Å². The molecule has 1 rings (SSSR count). The summed E-state index contributed by atoms with van der Waals surface area (Å²) in [5, 5.41) is 9.26. The molecule has 0 unspecified atom stereocenters. The monoisotopic (exact) mass is 272 g/mol. The molecule has 0 aliphatic carbocycles. The van der Waals surface area contributed by atoms with Crippen LogP contribution in [0.15, 0.2) is 22.7 Å². The van der Waals surface area contributed by atoms with Crippen molar-refractivity contribution in [3.63, 3.8) is 0 Å². The van der Waals surface area contributed by atoms with E-state index in [2.05, 4.69) is 15.9 Å². The smallest absolute Gasteiger partial charge is 0.338 e. The summed E-state index contributed by atoms with van der Waals surface area (Å²) in [7, 11) is 0. The predicted octanol–water partition coefficient (Wildman–Crippen LogP) is 3.11. The van der Waals surface area contributed by atoms with Crippen LogP contribution in [0.2, 0.25) is 0 Å². The number of carbonyl (C=O) groups excluding carboxylic acids is 1. The lowest BCUT2D eigenvalue weighted by atomic mass is 10.1. The molecule has 3 nitrogen and oxygen atoms in total. The molecule has 1 aromatic rings. The maximum Gasteiger partial charge on any atom is 0.338 e. The minimum atomic E-state index is -0.512. The van der Waals surface area contributed by atoms with Crippen molar-refractivity contribution in [2.75, 3.05) is 0 Å². The molecule has 0 spiro atoms. The summed E-state index contributed by atoms with van der Waals surface area (Å²) in [6.07, 6.45) is 0. The first-order valence-electron chi connectivity index (χ1n) is 4.51. The third kappa shape index (κ3) is 3.55. The number of halogens is 1. The van der Waals surface area contributed by atoms with Crippen molar-refractivity contribution in [3.05, 3.63) is 28.2 Å². The molecule has 0 bridgehead atoms. The number of phenols is 1. The van der Waals surface area contributed by atoms with E-state index in [1.54, 1.807) is 20.8 Å². The zero-order valence-corrected chi connectivity index (χ0v) is 10.5. The van der Waals surface area contributed by atoms with Crippen LogP contribution < -0.4 is 0 Å². The number of aromatic hydroxyl groups is 1. The second-order valence-corrected chi connectivity index (χ2v) is 5.02. The Kier molecular flexibility index (Phi) is 3.39. The van der Waals surface area contributed by atoms with Crippen LogP contribution in [0.4, 0.5) is 0 Å². The molecule has 0 fully saturated rings. The van der Waals surface area contributed by atoms with Crippen molar-refractivity contribution in [1.29, 1.82) is 0 Å². The van der Waals surface area contributed by atoms with Gasteiger partial charge >= 0.3 is 5.97 Å². The fourth-order valence-electron chi connectivity index (χ4n) is 0.971. The number of phenolic OH excluding ortho intramolecular Hbond substituents is 1.